The number of carbonyl (C=O) groups excluding carboxylic acids is 3. The van der Waals surface area contributed by atoms with Gasteiger partial charge in [-0.25, -0.2) is 14.3 Å². The average Bonchev–Trinajstić information content (AvgIpc) is 3.78. The summed E-state index contributed by atoms with van der Waals surface area (Å²) in [4.78, 5) is 74.0. The Bertz CT molecular complexity index is 2250. The minimum Gasteiger partial charge on any atom is -0.543 e. The number of rotatable bonds is 15. The molecule has 18 nitrogen and oxygen atoms in total. The molecule has 1 fully saturated rings. The third-order valence-corrected chi connectivity index (χ3v) is 10.9. The number of nitrogen functional groups attached to an aromatic ring is 1. The quantitative estimate of drug-likeness (QED) is 0.0267. The van der Waals surface area contributed by atoms with E-state index in [2.05, 4.69) is 19.7 Å². The van der Waals surface area contributed by atoms with Crippen LogP contribution in [-0.4, -0.2) is 96.1 Å². The summed E-state index contributed by atoms with van der Waals surface area (Å²) in [5.74, 6) is -4.11. The number of carbonyl (C=O) groups is 5. The van der Waals surface area contributed by atoms with Gasteiger partial charge in [0.2, 0.25) is 11.5 Å². The zero-order valence-electron chi connectivity index (χ0n) is 30.2. The number of thiazole rings is 1. The highest BCUT2D eigenvalue weighted by molar-refractivity contribution is 8.00. The van der Waals surface area contributed by atoms with E-state index in [-0.39, 0.29) is 47.4 Å². The van der Waals surface area contributed by atoms with E-state index in [1.54, 1.807) is 0 Å². The Labute approximate surface area is 327 Å². The fourth-order valence-corrected chi connectivity index (χ4v) is 7.91. The van der Waals surface area contributed by atoms with E-state index in [1.165, 1.54) is 35.9 Å². The van der Waals surface area contributed by atoms with Crippen LogP contribution in [-0.2, 0) is 41.9 Å². The first-order valence-corrected chi connectivity index (χ1v) is 18.9. The number of nitrogens with two attached hydrogens (primary N) is 3. The summed E-state index contributed by atoms with van der Waals surface area (Å²) >= 11 is 2.39. The Hall–Kier alpha value is -6.12. The predicted molar refractivity (Wildman–Crippen MR) is 205 cm³/mol. The molecule has 0 unspecified atom stereocenters. The summed E-state index contributed by atoms with van der Waals surface area (Å²) in [7, 11) is 0. The van der Waals surface area contributed by atoms with Crippen molar-refractivity contribution in [3.05, 3.63) is 88.5 Å². The number of carboxylic acid groups (broad SMARTS) is 3. The first-order chi connectivity index (χ1) is 26.7. The number of carboxylic acids is 2. The van der Waals surface area contributed by atoms with Crippen molar-refractivity contribution in [1.82, 2.24) is 14.5 Å². The second kappa shape index (κ2) is 17.6. The minimum atomic E-state index is -1.75. The molecule has 0 saturated carbocycles. The molecule has 2 aliphatic heterocycles. The molecule has 1 amide bonds. The van der Waals surface area contributed by atoms with Crippen LogP contribution in [0, 0.1) is 5.92 Å². The maximum Gasteiger partial charge on any atom is 0.350 e. The number of nitrogens with zero attached hydrogens (tertiary/aromatic N) is 6. The number of thioether (sulfide) groups is 1. The van der Waals surface area contributed by atoms with Gasteiger partial charge in [0.15, 0.2) is 35.6 Å². The van der Waals surface area contributed by atoms with Gasteiger partial charge in [0.25, 0.3) is 6.47 Å². The van der Waals surface area contributed by atoms with Gasteiger partial charge < -0.3 is 46.7 Å². The number of amides is 1. The molecular weight excluding hydrogens is 767 g/mol. The van der Waals surface area contributed by atoms with E-state index in [0.29, 0.717) is 31.0 Å². The van der Waals surface area contributed by atoms with Crippen LogP contribution in [0.5, 0.6) is 0 Å². The SMILES string of the molecule is CC(C)(O/N=C(\C(=O)C[C@@H]1C(=O)N2C(C(=O)[O-])=C(C[n+]3ccc4c(ccn4Cc4ccc(C(N)=NCCN)cc4)c3)CS[C@H]12)c1csc(N)n1)C(=O)O.O=CO. The molecule has 5 heterocycles. The van der Waals surface area contributed by atoms with Crippen molar-refractivity contribution in [2.75, 3.05) is 24.6 Å². The number of β-lactam (4-membered cyclic amide) rings is 1. The van der Waals surface area contributed by atoms with E-state index in [1.807, 2.05) is 59.6 Å². The predicted octanol–water partition coefficient (Wildman–Crippen LogP) is 0.159. The van der Waals surface area contributed by atoms with Gasteiger partial charge in [-0.3, -0.25) is 24.3 Å². The van der Waals surface area contributed by atoms with Gasteiger partial charge in [0.1, 0.15) is 11.5 Å². The molecule has 0 aliphatic carbocycles. The van der Waals surface area contributed by atoms with E-state index in [4.69, 9.17) is 31.9 Å². The molecule has 8 N–H and O–H groups in total. The van der Waals surface area contributed by atoms with Crippen molar-refractivity contribution in [1.29, 1.82) is 0 Å². The maximum atomic E-state index is 13.5. The fourth-order valence-electron chi connectivity index (χ4n) is 5.96. The number of pyridine rings is 1. The van der Waals surface area contributed by atoms with Crippen molar-refractivity contribution < 1.29 is 48.7 Å². The van der Waals surface area contributed by atoms with Crippen LogP contribution in [0.2, 0.25) is 0 Å². The van der Waals surface area contributed by atoms with Crippen molar-refractivity contribution in [2.24, 2.45) is 27.5 Å². The molecule has 56 heavy (non-hydrogen) atoms. The standard InChI is InChI=1S/C35H37N9O7S2.CH2O2/c1-35(2,33(49)50)51-41-27(24-18-53-34(38)40-24)26(45)13-23-30(46)44-28(32(47)48)22(17-52-31(23)44)16-42-11-8-25-21(15-42)7-12-43(25)14-19-3-5-20(6-4-19)29(37)39-10-9-36;2-1-3/h3-8,11-12,15,18,23,31H,9-10,13-14,16-17,36H2,1-2H3,(H5-,37,38,39,40,47,48,49,50);1H,(H,2,3)/b41-27-;/t23-,31-;/m1./s1. The van der Waals surface area contributed by atoms with Crippen LogP contribution in [0.1, 0.15) is 37.1 Å². The minimum absolute atomic E-state index is 0.0740. The highest BCUT2D eigenvalue weighted by Crippen LogP contribution is 2.45. The van der Waals surface area contributed by atoms with Crippen LogP contribution in [0.4, 0.5) is 5.13 Å². The van der Waals surface area contributed by atoms with Crippen molar-refractivity contribution in [2.45, 2.75) is 44.3 Å². The molecule has 0 bridgehead atoms. The van der Waals surface area contributed by atoms with Gasteiger partial charge in [0.05, 0.1) is 40.4 Å². The Morgan fingerprint density at radius 1 is 1.20 bits per heavy atom. The van der Waals surface area contributed by atoms with Gasteiger partial charge in [-0.1, -0.05) is 29.4 Å². The van der Waals surface area contributed by atoms with E-state index >= 15 is 0 Å². The molecule has 0 radical (unpaired) electrons. The number of hydrogen-bond acceptors (Lipinski definition) is 14. The number of benzene rings is 1. The normalized spacial score (nSPS) is 17.1. The molecule has 3 aromatic heterocycles. The third-order valence-electron chi connectivity index (χ3n) is 8.82. The molecule has 2 aliphatic rings. The van der Waals surface area contributed by atoms with E-state index in [0.717, 1.165) is 33.4 Å². The van der Waals surface area contributed by atoms with Gasteiger partial charge in [-0.15, -0.1) is 23.1 Å². The summed E-state index contributed by atoms with van der Waals surface area (Å²) < 4.78 is 3.96. The van der Waals surface area contributed by atoms with Crippen LogP contribution >= 0.6 is 23.1 Å². The van der Waals surface area contributed by atoms with Crippen LogP contribution in [0.25, 0.3) is 10.9 Å². The van der Waals surface area contributed by atoms with Crippen LogP contribution in [0.15, 0.2) is 81.8 Å². The summed E-state index contributed by atoms with van der Waals surface area (Å²) in [6, 6.07) is 11.8. The Morgan fingerprint density at radius 3 is 2.54 bits per heavy atom. The summed E-state index contributed by atoms with van der Waals surface area (Å²) in [6.45, 7) is 3.99. The number of oxime groups is 1. The van der Waals surface area contributed by atoms with Gasteiger partial charge >= 0.3 is 5.97 Å². The number of aromatic nitrogens is 3. The third kappa shape index (κ3) is 9.04. The first-order valence-electron chi connectivity index (χ1n) is 17.0. The zero-order valence-corrected chi connectivity index (χ0v) is 31.9. The number of amidine groups is 1. The molecule has 1 aromatic carbocycles. The fraction of sp³-hybridized carbons (Fsp3) is 0.306. The summed E-state index contributed by atoms with van der Waals surface area (Å²) in [5, 5.41) is 34.5. The Morgan fingerprint density at radius 2 is 1.91 bits per heavy atom. The Balaban J connectivity index is 0.00000194. The summed E-state index contributed by atoms with van der Waals surface area (Å²) in [6.07, 6.45) is 5.41. The monoisotopic (exact) mass is 805 g/mol. The number of Topliss-reactive ketones (excluding diaryl/α,β-unsaturated/α-hetero) is 1. The molecule has 4 aromatic rings. The molecule has 294 valence electrons. The molecule has 0 spiro atoms. The number of aliphatic imine (C=N–C) groups is 1. The topological polar surface area (TPSA) is 286 Å². The number of hydrogen-bond donors (Lipinski definition) is 5. The number of anilines is 1. The van der Waals surface area contributed by atoms with E-state index in [9.17, 15) is 29.4 Å². The number of aliphatic carboxylic acids is 2. The highest BCUT2D eigenvalue weighted by Gasteiger charge is 2.53. The lowest BCUT2D eigenvalue weighted by molar-refractivity contribution is -0.687. The van der Waals surface area contributed by atoms with Crippen molar-refractivity contribution >= 4 is 80.8 Å². The molecule has 1 saturated heterocycles. The zero-order chi connectivity index (χ0) is 40.7. The highest BCUT2D eigenvalue weighted by atomic mass is 32.2. The van der Waals surface area contributed by atoms with Crippen LogP contribution < -0.4 is 26.9 Å². The Kier molecular flexibility index (Phi) is 12.9. The smallest absolute Gasteiger partial charge is 0.350 e. The molecule has 2 atom stereocenters. The van der Waals surface area contributed by atoms with Gasteiger partial charge in [-0.05, 0) is 25.5 Å². The van der Waals surface area contributed by atoms with Gasteiger partial charge in [0, 0.05) is 54.0 Å². The molecule has 6 rings (SSSR count). The van der Waals surface area contributed by atoms with E-state index < -0.39 is 40.5 Å². The average molecular weight is 806 g/mol. The molecule has 20 heteroatoms. The second-order valence-corrected chi connectivity index (χ2v) is 15.1. The first kappa shape index (κ1) is 41.1. The summed E-state index contributed by atoms with van der Waals surface area (Å²) in [5.41, 5.74) is 18.5. The lowest BCUT2D eigenvalue weighted by Crippen LogP contribution is -2.63. The second-order valence-electron chi connectivity index (χ2n) is 13.1. The van der Waals surface area contributed by atoms with Crippen molar-refractivity contribution in [3.63, 3.8) is 0 Å². The number of fused-ring (bicyclic) bond motifs is 2. The largest absolute Gasteiger partial charge is 0.543 e. The van der Waals surface area contributed by atoms with Gasteiger partial charge in [-0.2, -0.15) is 0 Å². The molecular formula is C36H39N9O9S2. The lowest BCUT2D eigenvalue weighted by atomic mass is 9.89. The van der Waals surface area contributed by atoms with Crippen molar-refractivity contribution in [3.8, 4) is 0 Å². The lowest BCUT2D eigenvalue weighted by Gasteiger charge is -2.50. The maximum absolute atomic E-state index is 13.5. The van der Waals surface area contributed by atoms with Crippen LogP contribution in [0.3, 0.4) is 0 Å². The number of ketones is 1.